The quantitative estimate of drug-likeness (QED) is 0.444. The summed E-state index contributed by atoms with van der Waals surface area (Å²) in [5.74, 6) is 0. The zero-order chi connectivity index (χ0) is 20.1. The Balaban J connectivity index is 1.91. The van der Waals surface area contributed by atoms with Gasteiger partial charge in [-0.1, -0.05) is 121 Å². The van der Waals surface area contributed by atoms with E-state index in [1.54, 1.807) is 0 Å². The molecule has 0 fully saturated rings. The summed E-state index contributed by atoms with van der Waals surface area (Å²) < 4.78 is 0. The first-order chi connectivity index (χ1) is 14.2. The van der Waals surface area contributed by atoms with Crippen LogP contribution in [-0.4, -0.2) is 10.2 Å². The molecule has 0 saturated carbocycles. The zero-order valence-electron chi connectivity index (χ0n) is 16.4. The minimum Gasteiger partial charge on any atom is -0.380 e. The van der Waals surface area contributed by atoms with Gasteiger partial charge in [0.15, 0.2) is 0 Å². The highest BCUT2D eigenvalue weighted by Gasteiger charge is 2.42. The first kappa shape index (κ1) is 20.0. The first-order valence-electron chi connectivity index (χ1n) is 9.71. The number of hydrogen-bond donors (Lipinski definition) is 1. The van der Waals surface area contributed by atoms with Crippen LogP contribution in [0, 0.1) is 0 Å². The Morgan fingerprint density at radius 2 is 0.655 bits per heavy atom. The van der Waals surface area contributed by atoms with E-state index < -0.39 is 20.9 Å². The SMILES string of the molecule is CC(O)(P(c1ccccc1)c1ccccc1)P(c1ccccc1)c1ccccc1. The van der Waals surface area contributed by atoms with Crippen molar-refractivity contribution in [3.05, 3.63) is 121 Å². The fourth-order valence-corrected chi connectivity index (χ4v) is 10.3. The molecule has 4 aromatic carbocycles. The van der Waals surface area contributed by atoms with Crippen molar-refractivity contribution >= 4 is 37.1 Å². The molecule has 3 heteroatoms. The molecule has 4 rings (SSSR count). The monoisotopic (exact) mass is 414 g/mol. The van der Waals surface area contributed by atoms with Crippen molar-refractivity contribution in [2.24, 2.45) is 0 Å². The van der Waals surface area contributed by atoms with Gasteiger partial charge in [-0.2, -0.15) is 0 Å². The van der Waals surface area contributed by atoms with Gasteiger partial charge >= 0.3 is 0 Å². The molecule has 1 nitrogen and oxygen atoms in total. The molecule has 0 atom stereocenters. The van der Waals surface area contributed by atoms with Gasteiger partial charge < -0.3 is 5.11 Å². The van der Waals surface area contributed by atoms with E-state index in [0.717, 1.165) is 0 Å². The van der Waals surface area contributed by atoms with Crippen LogP contribution in [-0.2, 0) is 0 Å². The highest BCUT2D eigenvalue weighted by Crippen LogP contribution is 2.63. The Labute approximate surface area is 175 Å². The third-order valence-corrected chi connectivity index (χ3v) is 11.1. The molecule has 0 aliphatic carbocycles. The molecule has 0 aromatic heterocycles. The molecular weight excluding hydrogens is 390 g/mol. The Morgan fingerprint density at radius 3 is 0.862 bits per heavy atom. The van der Waals surface area contributed by atoms with Crippen LogP contribution in [0.3, 0.4) is 0 Å². The summed E-state index contributed by atoms with van der Waals surface area (Å²) in [7, 11) is -1.99. The summed E-state index contributed by atoms with van der Waals surface area (Å²) in [4.78, 5) is 0. The minimum absolute atomic E-state index is 0.921. The van der Waals surface area contributed by atoms with Crippen LogP contribution in [0.4, 0.5) is 0 Å². The van der Waals surface area contributed by atoms with Crippen LogP contribution in [0.15, 0.2) is 121 Å². The summed E-state index contributed by atoms with van der Waals surface area (Å²) in [6.45, 7) is 2.03. The fourth-order valence-electron chi connectivity index (χ4n) is 3.68. The van der Waals surface area contributed by atoms with E-state index in [1.807, 2.05) is 31.2 Å². The van der Waals surface area contributed by atoms with Crippen molar-refractivity contribution in [1.29, 1.82) is 0 Å². The van der Waals surface area contributed by atoms with Crippen LogP contribution in [0.25, 0.3) is 0 Å². The lowest BCUT2D eigenvalue weighted by molar-refractivity contribution is 0.242. The third kappa shape index (κ3) is 4.34. The van der Waals surface area contributed by atoms with E-state index >= 15 is 0 Å². The van der Waals surface area contributed by atoms with E-state index in [9.17, 15) is 5.11 Å². The number of benzene rings is 4. The molecule has 0 bridgehead atoms. The van der Waals surface area contributed by atoms with Crippen LogP contribution in [0.5, 0.6) is 0 Å². The van der Waals surface area contributed by atoms with Crippen molar-refractivity contribution in [3.63, 3.8) is 0 Å². The zero-order valence-corrected chi connectivity index (χ0v) is 18.2. The van der Waals surface area contributed by atoms with Gasteiger partial charge in [-0.25, -0.2) is 0 Å². The molecule has 0 unspecified atom stereocenters. The number of rotatable bonds is 6. The smallest absolute Gasteiger partial charge is 0.115 e. The molecule has 0 saturated heterocycles. The van der Waals surface area contributed by atoms with E-state index in [1.165, 1.54) is 21.2 Å². The normalized spacial score (nSPS) is 11.7. The standard InChI is InChI=1S/C26H24OP2/c1-26(27,28(22-14-6-2-7-15-22)23-16-8-3-9-17-23)29(24-18-10-4-11-19-24)25-20-12-5-13-21-25/h2-21,27H,1H3. The maximum Gasteiger partial charge on any atom is 0.115 e. The second-order valence-electron chi connectivity index (χ2n) is 6.98. The van der Waals surface area contributed by atoms with E-state index in [4.69, 9.17) is 0 Å². The van der Waals surface area contributed by atoms with Crippen LogP contribution < -0.4 is 21.2 Å². The molecule has 0 radical (unpaired) electrons. The van der Waals surface area contributed by atoms with Crippen molar-refractivity contribution < 1.29 is 5.11 Å². The van der Waals surface area contributed by atoms with Crippen molar-refractivity contribution in [2.75, 3.05) is 0 Å². The molecule has 0 aliphatic heterocycles. The second kappa shape index (κ2) is 9.02. The van der Waals surface area contributed by atoms with Gasteiger partial charge in [0, 0.05) is 0 Å². The summed E-state index contributed by atoms with van der Waals surface area (Å²) in [6, 6.07) is 41.9. The number of aliphatic hydroxyl groups is 1. The van der Waals surface area contributed by atoms with Gasteiger partial charge in [-0.15, -0.1) is 0 Å². The maximum absolute atomic E-state index is 12.3. The Morgan fingerprint density at radius 1 is 0.448 bits per heavy atom. The Kier molecular flexibility index (Phi) is 6.22. The lowest BCUT2D eigenvalue weighted by Gasteiger charge is -2.41. The third-order valence-electron chi connectivity index (χ3n) is 4.90. The van der Waals surface area contributed by atoms with E-state index in [0.29, 0.717) is 0 Å². The average molecular weight is 414 g/mol. The van der Waals surface area contributed by atoms with Crippen LogP contribution in [0.1, 0.15) is 6.92 Å². The van der Waals surface area contributed by atoms with Crippen molar-refractivity contribution in [2.45, 2.75) is 12.0 Å². The molecule has 1 N–H and O–H groups in total. The van der Waals surface area contributed by atoms with E-state index in [2.05, 4.69) is 97.1 Å². The van der Waals surface area contributed by atoms with Crippen LogP contribution >= 0.6 is 15.8 Å². The predicted octanol–water partition coefficient (Wildman–Crippen LogP) is 4.92. The lowest BCUT2D eigenvalue weighted by Crippen LogP contribution is -2.36. The Bertz CT molecular complexity index is 855. The summed E-state index contributed by atoms with van der Waals surface area (Å²) in [6.07, 6.45) is 0. The largest absolute Gasteiger partial charge is 0.380 e. The summed E-state index contributed by atoms with van der Waals surface area (Å²) in [5.41, 5.74) is 0. The predicted molar refractivity (Wildman–Crippen MR) is 129 cm³/mol. The maximum atomic E-state index is 12.3. The lowest BCUT2D eigenvalue weighted by atomic mass is 10.4. The van der Waals surface area contributed by atoms with Crippen LogP contribution in [0.2, 0.25) is 0 Å². The van der Waals surface area contributed by atoms with Gasteiger partial charge in [0.25, 0.3) is 0 Å². The summed E-state index contributed by atoms with van der Waals surface area (Å²) in [5, 5.41) is 16.2. The topological polar surface area (TPSA) is 20.2 Å². The van der Waals surface area contributed by atoms with Gasteiger partial charge in [0.2, 0.25) is 0 Å². The first-order valence-corrected chi connectivity index (χ1v) is 12.4. The molecule has 0 amide bonds. The fraction of sp³-hybridized carbons (Fsp3) is 0.0769. The minimum atomic E-state index is -0.996. The van der Waals surface area contributed by atoms with Gasteiger partial charge in [0.05, 0.1) is 0 Å². The molecule has 4 aromatic rings. The molecule has 0 heterocycles. The van der Waals surface area contributed by atoms with Gasteiger partial charge in [0.1, 0.15) is 5.08 Å². The van der Waals surface area contributed by atoms with Crippen molar-refractivity contribution in [3.8, 4) is 0 Å². The molecule has 29 heavy (non-hydrogen) atoms. The van der Waals surface area contributed by atoms with Crippen molar-refractivity contribution in [1.82, 2.24) is 0 Å². The number of hydrogen-bond acceptors (Lipinski definition) is 1. The van der Waals surface area contributed by atoms with Gasteiger partial charge in [-0.3, -0.25) is 0 Å². The second-order valence-corrected chi connectivity index (χ2v) is 12.5. The molecular formula is C26H24OP2. The molecule has 0 spiro atoms. The van der Waals surface area contributed by atoms with Gasteiger partial charge in [-0.05, 0) is 44.0 Å². The summed E-state index contributed by atoms with van der Waals surface area (Å²) >= 11 is 0. The average Bonchev–Trinajstić information content (AvgIpc) is 2.77. The highest BCUT2D eigenvalue weighted by atomic mass is 31.2. The van der Waals surface area contributed by atoms with E-state index in [-0.39, 0.29) is 0 Å². The highest BCUT2D eigenvalue weighted by molar-refractivity contribution is 7.90. The Hall–Kier alpha value is -2.30. The molecule has 144 valence electrons. The molecule has 0 aliphatic rings.